The van der Waals surface area contributed by atoms with Crippen LogP contribution in [0.4, 0.5) is 0 Å². The van der Waals surface area contributed by atoms with Crippen molar-refractivity contribution in [3.63, 3.8) is 0 Å². The Kier molecular flexibility index (Phi) is 5.13. The summed E-state index contributed by atoms with van der Waals surface area (Å²) in [4.78, 5) is 35.6. The summed E-state index contributed by atoms with van der Waals surface area (Å²) in [7, 11) is -3.55. The number of benzene rings is 1. The maximum absolute atomic E-state index is 12.4. The van der Waals surface area contributed by atoms with Gasteiger partial charge in [-0.2, -0.15) is 0 Å². The first kappa shape index (κ1) is 18.8. The highest BCUT2D eigenvalue weighted by molar-refractivity contribution is 7.92. The van der Waals surface area contributed by atoms with Crippen LogP contribution >= 0.6 is 0 Å². The van der Waals surface area contributed by atoms with Gasteiger partial charge in [0, 0.05) is 29.6 Å². The fraction of sp³-hybridized carbons (Fsp3) is 0.278. The Labute approximate surface area is 155 Å². The molecule has 2 unspecified atom stereocenters. The summed E-state index contributed by atoms with van der Waals surface area (Å²) in [6.07, 6.45) is 1.83. The minimum absolute atomic E-state index is 0.0269. The minimum atomic E-state index is -3.55. The number of nitrogens with zero attached hydrogens (tertiary/aromatic N) is 1. The summed E-state index contributed by atoms with van der Waals surface area (Å²) in [5.41, 5.74) is 5.98. The topological polar surface area (TPSA) is 128 Å². The SMILES string of the molecule is NC(=O)C1CC(NC(=O)c2ccc(-n3ccccc3=O)cc2)CCS1(=O)=O. The quantitative estimate of drug-likeness (QED) is 0.760. The Balaban J connectivity index is 1.71. The van der Waals surface area contributed by atoms with Crippen LogP contribution in [0.5, 0.6) is 0 Å². The molecule has 3 N–H and O–H groups in total. The van der Waals surface area contributed by atoms with Crippen molar-refractivity contribution in [2.24, 2.45) is 5.73 Å². The van der Waals surface area contributed by atoms with Gasteiger partial charge in [0.25, 0.3) is 11.5 Å². The van der Waals surface area contributed by atoms with E-state index in [0.29, 0.717) is 11.3 Å². The van der Waals surface area contributed by atoms with E-state index in [0.717, 1.165) is 0 Å². The molecule has 1 aliphatic rings. The number of amides is 2. The van der Waals surface area contributed by atoms with Gasteiger partial charge >= 0.3 is 0 Å². The molecule has 8 nitrogen and oxygen atoms in total. The number of hydrogen-bond acceptors (Lipinski definition) is 5. The van der Waals surface area contributed by atoms with E-state index in [1.54, 1.807) is 42.6 Å². The lowest BCUT2D eigenvalue weighted by atomic mass is 10.1. The first-order valence-electron chi connectivity index (χ1n) is 8.38. The van der Waals surface area contributed by atoms with Crippen LogP contribution in [-0.4, -0.2) is 41.8 Å². The zero-order valence-electron chi connectivity index (χ0n) is 14.4. The van der Waals surface area contributed by atoms with Crippen molar-refractivity contribution in [1.29, 1.82) is 0 Å². The van der Waals surface area contributed by atoms with E-state index in [9.17, 15) is 22.8 Å². The van der Waals surface area contributed by atoms with Crippen LogP contribution in [0.25, 0.3) is 5.69 Å². The van der Waals surface area contributed by atoms with Gasteiger partial charge < -0.3 is 11.1 Å². The fourth-order valence-corrected chi connectivity index (χ4v) is 4.86. The molecule has 0 saturated carbocycles. The van der Waals surface area contributed by atoms with Crippen molar-refractivity contribution in [3.8, 4) is 5.69 Å². The van der Waals surface area contributed by atoms with Crippen LogP contribution in [0.1, 0.15) is 23.2 Å². The first-order valence-corrected chi connectivity index (χ1v) is 10.1. The predicted octanol–water partition coefficient (Wildman–Crippen LogP) is -0.00160. The molecular formula is C18H19N3O5S. The van der Waals surface area contributed by atoms with Gasteiger partial charge in [0.1, 0.15) is 5.25 Å². The van der Waals surface area contributed by atoms with Crippen LogP contribution in [-0.2, 0) is 14.6 Å². The van der Waals surface area contributed by atoms with Crippen LogP contribution in [0.15, 0.2) is 53.5 Å². The zero-order valence-corrected chi connectivity index (χ0v) is 15.2. The highest BCUT2D eigenvalue weighted by Crippen LogP contribution is 2.20. The molecular weight excluding hydrogens is 370 g/mol. The van der Waals surface area contributed by atoms with Crippen molar-refractivity contribution in [1.82, 2.24) is 9.88 Å². The second-order valence-corrected chi connectivity index (χ2v) is 8.71. The molecule has 2 atom stereocenters. The zero-order chi connectivity index (χ0) is 19.6. The van der Waals surface area contributed by atoms with E-state index in [2.05, 4.69) is 5.32 Å². The molecule has 9 heteroatoms. The van der Waals surface area contributed by atoms with Crippen LogP contribution in [0, 0.1) is 0 Å². The highest BCUT2D eigenvalue weighted by Gasteiger charge is 2.38. The van der Waals surface area contributed by atoms with Gasteiger partial charge in [-0.25, -0.2) is 8.42 Å². The lowest BCUT2D eigenvalue weighted by Gasteiger charge is -2.28. The van der Waals surface area contributed by atoms with Gasteiger partial charge in [0.2, 0.25) is 5.91 Å². The normalized spacial score (nSPS) is 21.3. The van der Waals surface area contributed by atoms with Crippen LogP contribution in [0.3, 0.4) is 0 Å². The lowest BCUT2D eigenvalue weighted by Crippen LogP contribution is -2.49. The molecule has 3 rings (SSSR count). The van der Waals surface area contributed by atoms with E-state index in [-0.39, 0.29) is 30.1 Å². The monoisotopic (exact) mass is 389 g/mol. The molecule has 1 aliphatic heterocycles. The summed E-state index contributed by atoms with van der Waals surface area (Å²) in [5, 5.41) is 1.47. The summed E-state index contributed by atoms with van der Waals surface area (Å²) in [6, 6.07) is 10.8. The molecule has 2 amide bonds. The Morgan fingerprint density at radius 2 is 1.81 bits per heavy atom. The molecule has 2 aromatic rings. The number of nitrogens with two attached hydrogens (primary N) is 1. The molecule has 0 aliphatic carbocycles. The van der Waals surface area contributed by atoms with Crippen molar-refractivity contribution >= 4 is 21.7 Å². The number of carbonyl (C=O) groups excluding carboxylic acids is 2. The minimum Gasteiger partial charge on any atom is -0.369 e. The van der Waals surface area contributed by atoms with Gasteiger partial charge in [-0.1, -0.05) is 6.07 Å². The Hall–Kier alpha value is -2.94. The summed E-state index contributed by atoms with van der Waals surface area (Å²) in [6.45, 7) is 0. The Bertz CT molecular complexity index is 1030. The van der Waals surface area contributed by atoms with E-state index in [1.165, 1.54) is 10.6 Å². The number of rotatable bonds is 4. The molecule has 0 bridgehead atoms. The Morgan fingerprint density at radius 3 is 2.44 bits per heavy atom. The van der Waals surface area contributed by atoms with E-state index in [4.69, 9.17) is 5.73 Å². The van der Waals surface area contributed by atoms with E-state index in [1.807, 2.05) is 0 Å². The predicted molar refractivity (Wildman–Crippen MR) is 99.3 cm³/mol. The Morgan fingerprint density at radius 1 is 1.11 bits per heavy atom. The van der Waals surface area contributed by atoms with Gasteiger partial charge in [0.15, 0.2) is 9.84 Å². The highest BCUT2D eigenvalue weighted by atomic mass is 32.2. The second-order valence-electron chi connectivity index (χ2n) is 6.41. The number of primary amides is 1. The van der Waals surface area contributed by atoms with Crippen molar-refractivity contribution in [2.45, 2.75) is 24.1 Å². The summed E-state index contributed by atoms with van der Waals surface area (Å²) >= 11 is 0. The molecule has 0 radical (unpaired) electrons. The third-order valence-electron chi connectivity index (χ3n) is 4.57. The maximum atomic E-state index is 12.4. The van der Waals surface area contributed by atoms with Gasteiger partial charge in [0.05, 0.1) is 5.75 Å². The third-order valence-corrected chi connectivity index (χ3v) is 6.66. The van der Waals surface area contributed by atoms with Crippen LogP contribution < -0.4 is 16.6 Å². The second kappa shape index (κ2) is 7.36. The molecule has 2 heterocycles. The van der Waals surface area contributed by atoms with Gasteiger partial charge in [-0.3, -0.25) is 19.0 Å². The molecule has 1 aromatic heterocycles. The fourth-order valence-electron chi connectivity index (χ4n) is 3.08. The molecule has 142 valence electrons. The number of aromatic nitrogens is 1. The standard InChI is InChI=1S/C18H19N3O5S/c19-17(23)15-11-13(8-10-27(15,25)26)20-18(24)12-4-6-14(7-5-12)21-9-2-1-3-16(21)22/h1-7,9,13,15H,8,10-11H2,(H2,19,23)(H,20,24). The summed E-state index contributed by atoms with van der Waals surface area (Å²) < 4.78 is 25.2. The molecule has 1 saturated heterocycles. The van der Waals surface area contributed by atoms with Crippen LogP contribution in [0.2, 0.25) is 0 Å². The maximum Gasteiger partial charge on any atom is 0.255 e. The molecule has 1 aromatic carbocycles. The molecule has 1 fully saturated rings. The third kappa shape index (κ3) is 4.08. The lowest BCUT2D eigenvalue weighted by molar-refractivity contribution is -0.117. The first-order chi connectivity index (χ1) is 12.8. The number of carbonyl (C=O) groups is 2. The average Bonchev–Trinajstić information content (AvgIpc) is 2.63. The average molecular weight is 389 g/mol. The number of hydrogen-bond donors (Lipinski definition) is 2. The number of nitrogens with one attached hydrogen (secondary N) is 1. The molecule has 27 heavy (non-hydrogen) atoms. The van der Waals surface area contributed by atoms with Gasteiger partial charge in [-0.05, 0) is 43.2 Å². The molecule has 0 spiro atoms. The van der Waals surface area contributed by atoms with Crippen molar-refractivity contribution < 1.29 is 18.0 Å². The number of pyridine rings is 1. The van der Waals surface area contributed by atoms with Crippen molar-refractivity contribution in [2.75, 3.05) is 5.75 Å². The van der Waals surface area contributed by atoms with Crippen molar-refractivity contribution in [3.05, 3.63) is 64.6 Å². The van der Waals surface area contributed by atoms with E-state index >= 15 is 0 Å². The summed E-state index contributed by atoms with van der Waals surface area (Å²) in [5.74, 6) is -1.47. The smallest absolute Gasteiger partial charge is 0.255 e. The van der Waals surface area contributed by atoms with Gasteiger partial charge in [-0.15, -0.1) is 0 Å². The number of sulfone groups is 1. The van der Waals surface area contributed by atoms with E-state index < -0.39 is 27.0 Å². The largest absolute Gasteiger partial charge is 0.369 e.